The molecule has 1 N–H and O–H groups in total. The number of hydrogen-bond acceptors (Lipinski definition) is 5. The number of benzene rings is 2. The zero-order chi connectivity index (χ0) is 19.7. The van der Waals surface area contributed by atoms with E-state index in [1.54, 1.807) is 11.8 Å². The number of ether oxygens (including phenoxy) is 2. The SMILES string of the molecule is COc1ccc([C@@H]2Cn3nnc(C(=O)Nc4ccc(F)cc4Br)c3CO2)cc1. The van der Waals surface area contributed by atoms with E-state index in [1.807, 2.05) is 24.3 Å². The third-order valence-corrected chi connectivity index (χ3v) is 5.14. The number of nitrogens with one attached hydrogen (secondary N) is 1. The number of aromatic nitrogens is 3. The minimum absolute atomic E-state index is 0.185. The Labute approximate surface area is 168 Å². The number of carbonyl (C=O) groups excluding carboxylic acids is 1. The number of amides is 1. The predicted octanol–water partition coefficient (Wildman–Crippen LogP) is 3.71. The third-order valence-electron chi connectivity index (χ3n) is 4.48. The Hall–Kier alpha value is -2.78. The van der Waals surface area contributed by atoms with Gasteiger partial charge in [0.05, 0.1) is 31.6 Å². The molecule has 1 aliphatic heterocycles. The van der Waals surface area contributed by atoms with Gasteiger partial charge in [-0.2, -0.15) is 0 Å². The van der Waals surface area contributed by atoms with Gasteiger partial charge in [-0.3, -0.25) is 4.79 Å². The molecule has 3 aromatic rings. The minimum Gasteiger partial charge on any atom is -0.497 e. The Morgan fingerprint density at radius 3 is 2.82 bits per heavy atom. The lowest BCUT2D eigenvalue weighted by Crippen LogP contribution is -2.24. The van der Waals surface area contributed by atoms with E-state index in [9.17, 15) is 9.18 Å². The molecule has 0 unspecified atom stereocenters. The molecule has 7 nitrogen and oxygen atoms in total. The topological polar surface area (TPSA) is 78.3 Å². The molecule has 144 valence electrons. The zero-order valence-corrected chi connectivity index (χ0v) is 16.4. The number of rotatable bonds is 4. The minimum atomic E-state index is -0.431. The fourth-order valence-corrected chi connectivity index (χ4v) is 3.43. The molecule has 0 bridgehead atoms. The average Bonchev–Trinajstić information content (AvgIpc) is 3.13. The Bertz CT molecular complexity index is 1020. The molecule has 0 radical (unpaired) electrons. The normalized spacial score (nSPS) is 15.8. The molecule has 0 spiro atoms. The van der Waals surface area contributed by atoms with Gasteiger partial charge in [-0.15, -0.1) is 5.10 Å². The van der Waals surface area contributed by atoms with Crippen LogP contribution in [0.15, 0.2) is 46.9 Å². The average molecular weight is 447 g/mol. The third kappa shape index (κ3) is 3.63. The lowest BCUT2D eigenvalue weighted by molar-refractivity contribution is -0.00173. The molecular weight excluding hydrogens is 431 g/mol. The van der Waals surface area contributed by atoms with Crippen LogP contribution in [0.3, 0.4) is 0 Å². The highest BCUT2D eigenvalue weighted by atomic mass is 79.9. The summed E-state index contributed by atoms with van der Waals surface area (Å²) in [5.41, 5.74) is 2.22. The quantitative estimate of drug-likeness (QED) is 0.660. The van der Waals surface area contributed by atoms with Crippen LogP contribution in [0, 0.1) is 5.82 Å². The largest absolute Gasteiger partial charge is 0.497 e. The lowest BCUT2D eigenvalue weighted by Gasteiger charge is -2.24. The highest BCUT2D eigenvalue weighted by molar-refractivity contribution is 9.10. The molecule has 0 saturated carbocycles. The second-order valence-electron chi connectivity index (χ2n) is 6.22. The molecule has 4 rings (SSSR count). The van der Waals surface area contributed by atoms with E-state index >= 15 is 0 Å². The number of halogens is 2. The first-order valence-corrected chi connectivity index (χ1v) is 9.29. The van der Waals surface area contributed by atoms with Crippen molar-refractivity contribution in [2.45, 2.75) is 19.3 Å². The summed E-state index contributed by atoms with van der Waals surface area (Å²) in [5, 5.41) is 10.8. The van der Waals surface area contributed by atoms with Crippen molar-refractivity contribution < 1.29 is 18.7 Å². The first-order chi connectivity index (χ1) is 13.5. The van der Waals surface area contributed by atoms with Crippen LogP contribution in [0.1, 0.15) is 27.8 Å². The van der Waals surface area contributed by atoms with Gasteiger partial charge in [0.2, 0.25) is 0 Å². The molecular formula is C19H16BrFN4O3. The molecule has 9 heteroatoms. The van der Waals surface area contributed by atoms with Crippen LogP contribution in [-0.2, 0) is 17.9 Å². The summed E-state index contributed by atoms with van der Waals surface area (Å²) in [7, 11) is 1.62. The van der Waals surface area contributed by atoms with Gasteiger partial charge in [0, 0.05) is 4.47 Å². The van der Waals surface area contributed by atoms with Gasteiger partial charge in [-0.05, 0) is 51.8 Å². The smallest absolute Gasteiger partial charge is 0.278 e. The van der Waals surface area contributed by atoms with E-state index in [0.29, 0.717) is 22.4 Å². The first kappa shape index (κ1) is 18.6. The molecule has 1 amide bonds. The van der Waals surface area contributed by atoms with Crippen LogP contribution in [0.2, 0.25) is 0 Å². The second kappa shape index (κ2) is 7.69. The van der Waals surface area contributed by atoms with Crippen molar-refractivity contribution in [1.82, 2.24) is 15.0 Å². The van der Waals surface area contributed by atoms with Crippen LogP contribution in [0.4, 0.5) is 10.1 Å². The predicted molar refractivity (Wildman–Crippen MR) is 103 cm³/mol. The first-order valence-electron chi connectivity index (χ1n) is 8.49. The summed E-state index contributed by atoms with van der Waals surface area (Å²) in [6.07, 6.45) is -0.192. The summed E-state index contributed by atoms with van der Waals surface area (Å²) in [5.74, 6) is -0.0594. The van der Waals surface area contributed by atoms with E-state index in [4.69, 9.17) is 9.47 Å². The van der Waals surface area contributed by atoms with Crippen LogP contribution in [-0.4, -0.2) is 28.0 Å². The second-order valence-corrected chi connectivity index (χ2v) is 7.07. The van der Waals surface area contributed by atoms with Crippen LogP contribution < -0.4 is 10.1 Å². The molecule has 0 saturated heterocycles. The van der Waals surface area contributed by atoms with Crippen LogP contribution in [0.25, 0.3) is 0 Å². The van der Waals surface area contributed by atoms with E-state index in [-0.39, 0.29) is 18.4 Å². The summed E-state index contributed by atoms with van der Waals surface area (Å²) in [6.45, 7) is 0.652. The van der Waals surface area contributed by atoms with Crippen molar-refractivity contribution in [2.24, 2.45) is 0 Å². The van der Waals surface area contributed by atoms with Gasteiger partial charge in [0.1, 0.15) is 17.7 Å². The molecule has 1 aliphatic rings. The maximum absolute atomic E-state index is 13.2. The lowest BCUT2D eigenvalue weighted by atomic mass is 10.1. The van der Waals surface area contributed by atoms with E-state index in [2.05, 4.69) is 31.6 Å². The summed E-state index contributed by atoms with van der Waals surface area (Å²) >= 11 is 3.23. The van der Waals surface area contributed by atoms with Crippen molar-refractivity contribution in [3.8, 4) is 5.75 Å². The van der Waals surface area contributed by atoms with Crippen LogP contribution >= 0.6 is 15.9 Å². The van der Waals surface area contributed by atoms with Gasteiger partial charge in [-0.1, -0.05) is 17.3 Å². The molecule has 2 aromatic carbocycles. The van der Waals surface area contributed by atoms with Gasteiger partial charge >= 0.3 is 0 Å². The van der Waals surface area contributed by atoms with Crippen LogP contribution in [0.5, 0.6) is 5.75 Å². The number of anilines is 1. The number of nitrogens with zero attached hydrogens (tertiary/aromatic N) is 3. The maximum Gasteiger partial charge on any atom is 0.278 e. The van der Waals surface area contributed by atoms with Crippen molar-refractivity contribution in [1.29, 1.82) is 0 Å². The van der Waals surface area contributed by atoms with E-state index in [1.165, 1.54) is 18.2 Å². The number of carbonyl (C=O) groups is 1. The number of hydrogen-bond donors (Lipinski definition) is 1. The van der Waals surface area contributed by atoms with E-state index in [0.717, 1.165) is 11.3 Å². The molecule has 0 aliphatic carbocycles. The van der Waals surface area contributed by atoms with Gasteiger partial charge in [-0.25, -0.2) is 9.07 Å². The number of methoxy groups -OCH3 is 1. The number of fused-ring (bicyclic) bond motifs is 1. The Morgan fingerprint density at radius 1 is 1.32 bits per heavy atom. The fraction of sp³-hybridized carbons (Fsp3) is 0.211. The van der Waals surface area contributed by atoms with Gasteiger partial charge in [0.25, 0.3) is 5.91 Å². The van der Waals surface area contributed by atoms with Crippen molar-refractivity contribution >= 4 is 27.5 Å². The summed E-state index contributed by atoms with van der Waals surface area (Å²) in [4.78, 5) is 12.6. The van der Waals surface area contributed by atoms with Gasteiger partial charge < -0.3 is 14.8 Å². The Balaban J connectivity index is 1.50. The highest BCUT2D eigenvalue weighted by Gasteiger charge is 2.28. The summed E-state index contributed by atoms with van der Waals surface area (Å²) in [6, 6.07) is 11.6. The molecule has 0 fully saturated rings. The monoisotopic (exact) mass is 446 g/mol. The summed E-state index contributed by atoms with van der Waals surface area (Å²) < 4.78 is 26.4. The maximum atomic E-state index is 13.2. The van der Waals surface area contributed by atoms with Crippen molar-refractivity contribution in [3.63, 3.8) is 0 Å². The van der Waals surface area contributed by atoms with Crippen molar-refractivity contribution in [2.75, 3.05) is 12.4 Å². The van der Waals surface area contributed by atoms with Crippen molar-refractivity contribution in [3.05, 3.63) is 69.7 Å². The highest BCUT2D eigenvalue weighted by Crippen LogP contribution is 2.29. The van der Waals surface area contributed by atoms with Gasteiger partial charge in [0.15, 0.2) is 5.69 Å². The molecule has 2 heterocycles. The fourth-order valence-electron chi connectivity index (χ4n) is 2.98. The Kier molecular flexibility index (Phi) is 5.10. The Morgan fingerprint density at radius 2 is 2.11 bits per heavy atom. The molecule has 1 atom stereocenters. The molecule has 28 heavy (non-hydrogen) atoms. The standard InChI is InChI=1S/C19H16BrFN4O3/c1-27-13-5-2-11(3-6-13)17-9-25-16(10-28-17)18(23-24-25)19(26)22-15-7-4-12(21)8-14(15)20/h2-8,17H,9-10H2,1H3,(H,22,26)/t17-/m0/s1. The zero-order valence-electron chi connectivity index (χ0n) is 14.9. The molecule has 1 aromatic heterocycles. The van der Waals surface area contributed by atoms with E-state index < -0.39 is 11.7 Å².